The van der Waals surface area contributed by atoms with E-state index in [4.69, 9.17) is 0 Å². The van der Waals surface area contributed by atoms with Crippen LogP contribution in [-0.2, 0) is 4.79 Å². The molecule has 2 aliphatic heterocycles. The lowest BCUT2D eigenvalue weighted by Crippen LogP contribution is -2.43. The molecule has 2 aliphatic rings. The molecule has 0 aromatic carbocycles. The van der Waals surface area contributed by atoms with Crippen LogP contribution in [-0.4, -0.2) is 74.5 Å². The van der Waals surface area contributed by atoms with E-state index < -0.39 is 0 Å². The van der Waals surface area contributed by atoms with Crippen molar-refractivity contribution in [3.63, 3.8) is 0 Å². The van der Waals surface area contributed by atoms with Crippen LogP contribution in [0.5, 0.6) is 0 Å². The van der Waals surface area contributed by atoms with Crippen molar-refractivity contribution in [1.82, 2.24) is 20.4 Å². The van der Waals surface area contributed by atoms with E-state index in [-0.39, 0.29) is 29.9 Å². The number of nitrogens with one attached hydrogen (secondary N) is 2. The number of amides is 1. The smallest absolute Gasteiger partial charge is 0.224 e. The van der Waals surface area contributed by atoms with Gasteiger partial charge in [-0.15, -0.1) is 24.0 Å². The molecule has 2 N–H and O–H groups in total. The molecule has 2 saturated heterocycles. The van der Waals surface area contributed by atoms with Crippen LogP contribution in [0.3, 0.4) is 0 Å². The number of halogens is 1. The first-order chi connectivity index (χ1) is 12.6. The van der Waals surface area contributed by atoms with Gasteiger partial charge in [-0.3, -0.25) is 9.79 Å². The van der Waals surface area contributed by atoms with Crippen molar-refractivity contribution in [2.45, 2.75) is 52.4 Å². The molecule has 0 radical (unpaired) electrons. The highest BCUT2D eigenvalue weighted by atomic mass is 127. The van der Waals surface area contributed by atoms with Gasteiger partial charge in [-0.2, -0.15) is 0 Å². The van der Waals surface area contributed by atoms with Crippen molar-refractivity contribution in [2.75, 3.05) is 52.9 Å². The molecule has 0 aromatic rings. The number of guanidine groups is 1. The van der Waals surface area contributed by atoms with E-state index in [0.29, 0.717) is 18.9 Å². The number of carbonyl (C=O) groups excluding carboxylic acids is 1. The van der Waals surface area contributed by atoms with E-state index in [2.05, 4.69) is 34.4 Å². The standard InChI is InChI=1S/C20H39N5O.HI/c1-17-8-14-24(15-9-17)12-5-10-22-20(21-3)23-11-7-19(26)25-13-4-6-18(2)16-25;/h17-18H,4-16H2,1-3H3,(H2,21,22,23);1H. The Morgan fingerprint density at radius 2 is 1.74 bits per heavy atom. The number of aliphatic imine (C=N–C) groups is 1. The molecule has 0 bridgehead atoms. The number of piperidine rings is 2. The maximum atomic E-state index is 12.3. The Hall–Kier alpha value is -0.570. The quantitative estimate of drug-likeness (QED) is 0.248. The number of nitrogens with zero attached hydrogens (tertiary/aromatic N) is 3. The Morgan fingerprint density at radius 1 is 1.04 bits per heavy atom. The van der Waals surface area contributed by atoms with Crippen molar-refractivity contribution < 1.29 is 4.79 Å². The van der Waals surface area contributed by atoms with Crippen molar-refractivity contribution in [3.05, 3.63) is 0 Å². The van der Waals surface area contributed by atoms with Gasteiger partial charge >= 0.3 is 0 Å². The molecule has 2 heterocycles. The molecule has 0 aromatic heterocycles. The Morgan fingerprint density at radius 3 is 2.41 bits per heavy atom. The Balaban J connectivity index is 0.00000364. The maximum Gasteiger partial charge on any atom is 0.224 e. The van der Waals surface area contributed by atoms with Crippen LogP contribution in [0.1, 0.15) is 52.4 Å². The Bertz CT molecular complexity index is 452. The zero-order chi connectivity index (χ0) is 18.8. The molecule has 27 heavy (non-hydrogen) atoms. The van der Waals surface area contributed by atoms with E-state index in [9.17, 15) is 4.79 Å². The summed E-state index contributed by atoms with van der Waals surface area (Å²) >= 11 is 0. The van der Waals surface area contributed by atoms with Gasteiger partial charge in [-0.1, -0.05) is 13.8 Å². The van der Waals surface area contributed by atoms with Crippen molar-refractivity contribution in [2.24, 2.45) is 16.8 Å². The van der Waals surface area contributed by atoms with Crippen LogP contribution in [0.2, 0.25) is 0 Å². The van der Waals surface area contributed by atoms with Crippen molar-refractivity contribution in [3.8, 4) is 0 Å². The highest BCUT2D eigenvalue weighted by Gasteiger charge is 2.20. The lowest BCUT2D eigenvalue weighted by Gasteiger charge is -2.31. The first-order valence-electron chi connectivity index (χ1n) is 10.5. The minimum Gasteiger partial charge on any atom is -0.356 e. The Labute approximate surface area is 182 Å². The van der Waals surface area contributed by atoms with E-state index >= 15 is 0 Å². The SMILES string of the molecule is CN=C(NCCCN1CCC(C)CC1)NCCC(=O)N1CCCC(C)C1.I. The molecule has 6 nitrogen and oxygen atoms in total. The maximum absolute atomic E-state index is 12.3. The summed E-state index contributed by atoms with van der Waals surface area (Å²) in [5.74, 6) is 2.59. The van der Waals surface area contributed by atoms with Gasteiger partial charge in [0.25, 0.3) is 0 Å². The topological polar surface area (TPSA) is 60.0 Å². The zero-order valence-electron chi connectivity index (χ0n) is 17.5. The average Bonchev–Trinajstić information content (AvgIpc) is 2.65. The second-order valence-electron chi connectivity index (χ2n) is 8.14. The van der Waals surface area contributed by atoms with Gasteiger partial charge in [-0.25, -0.2) is 0 Å². The molecule has 1 unspecified atom stereocenters. The summed E-state index contributed by atoms with van der Waals surface area (Å²) in [7, 11) is 1.79. The fourth-order valence-electron chi connectivity index (χ4n) is 3.88. The van der Waals surface area contributed by atoms with Gasteiger partial charge in [-0.05, 0) is 63.6 Å². The van der Waals surface area contributed by atoms with Gasteiger partial charge in [0.05, 0.1) is 0 Å². The van der Waals surface area contributed by atoms with Crippen LogP contribution >= 0.6 is 24.0 Å². The fraction of sp³-hybridized carbons (Fsp3) is 0.900. The largest absolute Gasteiger partial charge is 0.356 e. The summed E-state index contributed by atoms with van der Waals surface area (Å²) in [6.45, 7) is 11.6. The molecule has 1 atom stereocenters. The number of hydrogen-bond acceptors (Lipinski definition) is 3. The van der Waals surface area contributed by atoms with Gasteiger partial charge in [0.1, 0.15) is 0 Å². The van der Waals surface area contributed by atoms with Crippen molar-refractivity contribution >= 4 is 35.8 Å². The van der Waals surface area contributed by atoms with Gasteiger partial charge < -0.3 is 20.4 Å². The monoisotopic (exact) mass is 493 g/mol. The molecule has 7 heteroatoms. The van der Waals surface area contributed by atoms with Crippen LogP contribution in [0.15, 0.2) is 4.99 Å². The summed E-state index contributed by atoms with van der Waals surface area (Å²) in [6.07, 6.45) is 6.72. The first kappa shape index (κ1) is 24.5. The minimum atomic E-state index is 0. The Kier molecular flexibility index (Phi) is 12.3. The summed E-state index contributed by atoms with van der Waals surface area (Å²) in [4.78, 5) is 21.1. The molecular weight excluding hydrogens is 453 g/mol. The highest BCUT2D eigenvalue weighted by molar-refractivity contribution is 14.0. The summed E-state index contributed by atoms with van der Waals surface area (Å²) in [5.41, 5.74) is 0. The normalized spacial score (nSPS) is 22.3. The number of hydrogen-bond donors (Lipinski definition) is 2. The number of rotatable bonds is 7. The predicted molar refractivity (Wildman–Crippen MR) is 124 cm³/mol. The van der Waals surface area contributed by atoms with Crippen LogP contribution in [0.25, 0.3) is 0 Å². The van der Waals surface area contributed by atoms with E-state index in [1.165, 1.54) is 32.4 Å². The summed E-state index contributed by atoms with van der Waals surface area (Å²) < 4.78 is 0. The van der Waals surface area contributed by atoms with Gasteiger partial charge in [0.2, 0.25) is 5.91 Å². The minimum absolute atomic E-state index is 0. The first-order valence-corrected chi connectivity index (χ1v) is 10.5. The third-order valence-corrected chi connectivity index (χ3v) is 5.68. The second kappa shape index (κ2) is 13.6. The van der Waals surface area contributed by atoms with Gasteiger partial charge in [0.15, 0.2) is 5.96 Å². The van der Waals surface area contributed by atoms with E-state index in [1.54, 1.807) is 7.05 Å². The van der Waals surface area contributed by atoms with Crippen LogP contribution in [0, 0.1) is 11.8 Å². The number of carbonyl (C=O) groups is 1. The van der Waals surface area contributed by atoms with Crippen molar-refractivity contribution in [1.29, 1.82) is 0 Å². The lowest BCUT2D eigenvalue weighted by atomic mass is 9.99. The third kappa shape index (κ3) is 9.45. The molecule has 0 aliphatic carbocycles. The lowest BCUT2D eigenvalue weighted by molar-refractivity contribution is -0.132. The molecule has 2 fully saturated rings. The number of likely N-dealkylation sites (tertiary alicyclic amines) is 2. The molecule has 0 saturated carbocycles. The predicted octanol–water partition coefficient (Wildman–Crippen LogP) is 2.54. The van der Waals surface area contributed by atoms with E-state index in [1.807, 2.05) is 4.90 Å². The molecule has 1 amide bonds. The summed E-state index contributed by atoms with van der Waals surface area (Å²) in [5, 5.41) is 6.64. The fourth-order valence-corrected chi connectivity index (χ4v) is 3.88. The van der Waals surface area contributed by atoms with Crippen LogP contribution in [0.4, 0.5) is 0 Å². The third-order valence-electron chi connectivity index (χ3n) is 5.68. The highest BCUT2D eigenvalue weighted by Crippen LogP contribution is 2.16. The van der Waals surface area contributed by atoms with Crippen LogP contribution < -0.4 is 10.6 Å². The zero-order valence-corrected chi connectivity index (χ0v) is 19.8. The second-order valence-corrected chi connectivity index (χ2v) is 8.14. The molecule has 158 valence electrons. The average molecular weight is 493 g/mol. The van der Waals surface area contributed by atoms with Gasteiger partial charge in [0, 0.05) is 39.6 Å². The molecular formula is C20H40IN5O. The van der Waals surface area contributed by atoms with E-state index in [0.717, 1.165) is 50.9 Å². The summed E-state index contributed by atoms with van der Waals surface area (Å²) in [6, 6.07) is 0. The molecule has 0 spiro atoms. The molecule has 2 rings (SSSR count).